The Hall–Kier alpha value is -2.67. The molecule has 2 aromatic rings. The van der Waals surface area contributed by atoms with Crippen LogP contribution in [0.4, 0.5) is 17.1 Å². The zero-order chi connectivity index (χ0) is 14.7. The zero-order valence-electron chi connectivity index (χ0n) is 10.0. The Kier molecular flexibility index (Phi) is 3.81. The number of halogens is 1. The van der Waals surface area contributed by atoms with E-state index >= 15 is 0 Å². The summed E-state index contributed by atoms with van der Waals surface area (Å²) >= 11 is 5.87. The number of nitrogens with zero attached hydrogens (tertiary/aromatic N) is 2. The highest BCUT2D eigenvalue weighted by Crippen LogP contribution is 2.26. The first-order chi connectivity index (χ1) is 9.47. The van der Waals surface area contributed by atoms with Crippen molar-refractivity contribution in [3.8, 4) is 0 Å². The van der Waals surface area contributed by atoms with E-state index in [1.54, 1.807) is 6.07 Å². The number of carbonyl (C=O) groups excluding carboxylic acids is 1. The maximum atomic E-state index is 11.9. The topological polar surface area (TPSA) is 111 Å². The third kappa shape index (κ3) is 3.01. The first kappa shape index (κ1) is 13.8. The van der Waals surface area contributed by atoms with Gasteiger partial charge in [0.1, 0.15) is 5.69 Å². The monoisotopic (exact) mass is 292 g/mol. The van der Waals surface area contributed by atoms with Gasteiger partial charge in [-0.3, -0.25) is 14.9 Å². The molecule has 8 heteroatoms. The Morgan fingerprint density at radius 2 is 2.10 bits per heavy atom. The maximum Gasteiger partial charge on any atom is 0.274 e. The minimum absolute atomic E-state index is 0.0722. The van der Waals surface area contributed by atoms with Crippen LogP contribution >= 0.6 is 11.6 Å². The Bertz CT molecular complexity index is 673. The molecule has 1 aromatic heterocycles. The van der Waals surface area contributed by atoms with Crippen LogP contribution < -0.4 is 11.1 Å². The Labute approximate surface area is 118 Å². The van der Waals surface area contributed by atoms with E-state index in [0.29, 0.717) is 5.69 Å². The van der Waals surface area contributed by atoms with Crippen molar-refractivity contribution in [2.45, 2.75) is 0 Å². The van der Waals surface area contributed by atoms with Crippen molar-refractivity contribution in [1.29, 1.82) is 0 Å². The van der Waals surface area contributed by atoms with E-state index in [9.17, 15) is 14.9 Å². The van der Waals surface area contributed by atoms with Gasteiger partial charge in [-0.25, -0.2) is 4.98 Å². The van der Waals surface area contributed by atoms with Gasteiger partial charge >= 0.3 is 0 Å². The van der Waals surface area contributed by atoms with Crippen molar-refractivity contribution in [1.82, 2.24) is 4.98 Å². The summed E-state index contributed by atoms with van der Waals surface area (Å²) in [6, 6.07) is 6.77. The van der Waals surface area contributed by atoms with E-state index in [4.69, 9.17) is 17.3 Å². The zero-order valence-corrected chi connectivity index (χ0v) is 10.8. The van der Waals surface area contributed by atoms with Crippen LogP contribution in [0, 0.1) is 10.1 Å². The van der Waals surface area contributed by atoms with E-state index in [-0.39, 0.29) is 22.1 Å². The van der Waals surface area contributed by atoms with E-state index in [2.05, 4.69) is 10.3 Å². The minimum Gasteiger partial charge on any atom is -0.397 e. The van der Waals surface area contributed by atoms with Crippen molar-refractivity contribution in [2.75, 3.05) is 11.1 Å². The van der Waals surface area contributed by atoms with E-state index in [1.165, 1.54) is 24.4 Å². The highest BCUT2D eigenvalue weighted by molar-refractivity contribution is 6.34. The summed E-state index contributed by atoms with van der Waals surface area (Å²) in [6.45, 7) is 0. The number of aromatic nitrogens is 1. The lowest BCUT2D eigenvalue weighted by Crippen LogP contribution is -2.14. The third-order valence-corrected chi connectivity index (χ3v) is 2.74. The molecule has 7 nitrogen and oxygen atoms in total. The fourth-order valence-corrected chi connectivity index (χ4v) is 1.67. The number of carbonyl (C=O) groups is 1. The number of hydrogen-bond donors (Lipinski definition) is 2. The lowest BCUT2D eigenvalue weighted by molar-refractivity contribution is -0.384. The van der Waals surface area contributed by atoms with Crippen molar-refractivity contribution in [3.05, 3.63) is 57.4 Å². The van der Waals surface area contributed by atoms with E-state index in [0.717, 1.165) is 6.07 Å². The molecule has 0 spiro atoms. The van der Waals surface area contributed by atoms with Gasteiger partial charge in [0, 0.05) is 12.1 Å². The molecule has 0 unspecified atom stereocenters. The molecule has 1 amide bonds. The van der Waals surface area contributed by atoms with Crippen molar-refractivity contribution in [3.63, 3.8) is 0 Å². The number of nitrogen functional groups attached to an aromatic ring is 1. The van der Waals surface area contributed by atoms with Crippen LogP contribution in [-0.4, -0.2) is 15.8 Å². The minimum atomic E-state index is -0.570. The van der Waals surface area contributed by atoms with Crippen LogP contribution in [0.15, 0.2) is 36.5 Å². The highest BCUT2D eigenvalue weighted by atomic mass is 35.5. The van der Waals surface area contributed by atoms with Gasteiger partial charge in [0.2, 0.25) is 0 Å². The summed E-state index contributed by atoms with van der Waals surface area (Å²) in [5.74, 6) is -0.485. The molecule has 0 saturated carbocycles. The second kappa shape index (κ2) is 5.54. The average molecular weight is 293 g/mol. The Balaban J connectivity index is 2.19. The number of rotatable bonds is 3. The number of nitro groups is 1. The number of benzene rings is 1. The van der Waals surface area contributed by atoms with Crippen LogP contribution in [0.25, 0.3) is 0 Å². The fraction of sp³-hybridized carbons (Fsp3) is 0. The van der Waals surface area contributed by atoms with Crippen LogP contribution in [-0.2, 0) is 0 Å². The molecule has 0 aliphatic carbocycles. The van der Waals surface area contributed by atoms with Gasteiger partial charge in [0.15, 0.2) is 0 Å². The smallest absolute Gasteiger partial charge is 0.274 e. The molecule has 0 fully saturated rings. The third-order valence-electron chi connectivity index (χ3n) is 2.43. The number of amides is 1. The standard InChI is InChI=1S/C12H9ClN4O3/c13-9-5-8(17(19)20)2-4-10(9)16-12(18)11-3-1-7(14)6-15-11/h1-6H,14H2,(H,16,18). The normalized spacial score (nSPS) is 10.1. The van der Waals surface area contributed by atoms with Crippen LogP contribution in [0.5, 0.6) is 0 Å². The van der Waals surface area contributed by atoms with Gasteiger partial charge in [-0.05, 0) is 18.2 Å². The number of nitro benzene ring substituents is 1. The number of hydrogen-bond acceptors (Lipinski definition) is 5. The van der Waals surface area contributed by atoms with E-state index < -0.39 is 10.8 Å². The number of anilines is 2. The second-order valence-corrected chi connectivity index (χ2v) is 4.26. The Morgan fingerprint density at radius 1 is 1.35 bits per heavy atom. The first-order valence-corrected chi connectivity index (χ1v) is 5.82. The molecule has 3 N–H and O–H groups in total. The molecule has 0 aliphatic heterocycles. The summed E-state index contributed by atoms with van der Waals surface area (Å²) in [5.41, 5.74) is 6.18. The van der Waals surface area contributed by atoms with Crippen LogP contribution in [0.1, 0.15) is 10.5 Å². The average Bonchev–Trinajstić information content (AvgIpc) is 2.41. The summed E-state index contributed by atoms with van der Waals surface area (Å²) in [5, 5.41) is 13.2. The predicted octanol–water partition coefficient (Wildman–Crippen LogP) is 2.48. The molecule has 0 atom stereocenters. The van der Waals surface area contributed by atoms with Crippen molar-refractivity contribution in [2.24, 2.45) is 0 Å². The van der Waals surface area contributed by atoms with Gasteiger partial charge in [0.25, 0.3) is 11.6 Å². The van der Waals surface area contributed by atoms with Crippen LogP contribution in [0.3, 0.4) is 0 Å². The predicted molar refractivity (Wildman–Crippen MR) is 74.7 cm³/mol. The maximum absolute atomic E-state index is 11.9. The molecule has 102 valence electrons. The quantitative estimate of drug-likeness (QED) is 0.667. The first-order valence-electron chi connectivity index (χ1n) is 5.44. The van der Waals surface area contributed by atoms with E-state index in [1.807, 2.05) is 0 Å². The molecule has 0 bridgehead atoms. The SMILES string of the molecule is Nc1ccc(C(=O)Nc2ccc([N+](=O)[O-])cc2Cl)nc1. The fourth-order valence-electron chi connectivity index (χ4n) is 1.44. The number of non-ortho nitro benzene ring substituents is 1. The Morgan fingerprint density at radius 3 is 2.65 bits per heavy atom. The van der Waals surface area contributed by atoms with Gasteiger partial charge in [0.05, 0.1) is 27.5 Å². The molecule has 0 radical (unpaired) electrons. The molecule has 2 rings (SSSR count). The highest BCUT2D eigenvalue weighted by Gasteiger charge is 2.13. The molecule has 20 heavy (non-hydrogen) atoms. The van der Waals surface area contributed by atoms with Gasteiger partial charge in [-0.2, -0.15) is 0 Å². The number of pyridine rings is 1. The summed E-state index contributed by atoms with van der Waals surface area (Å²) < 4.78 is 0. The largest absolute Gasteiger partial charge is 0.397 e. The summed E-state index contributed by atoms with van der Waals surface area (Å²) in [4.78, 5) is 25.8. The van der Waals surface area contributed by atoms with Gasteiger partial charge in [-0.15, -0.1) is 0 Å². The van der Waals surface area contributed by atoms with Gasteiger partial charge in [-0.1, -0.05) is 11.6 Å². The van der Waals surface area contributed by atoms with Gasteiger partial charge < -0.3 is 11.1 Å². The van der Waals surface area contributed by atoms with Crippen molar-refractivity contribution >= 4 is 34.6 Å². The lowest BCUT2D eigenvalue weighted by Gasteiger charge is -2.06. The molecule has 0 saturated heterocycles. The molecule has 0 aliphatic rings. The number of nitrogens with two attached hydrogens (primary N) is 1. The van der Waals surface area contributed by atoms with Crippen LogP contribution in [0.2, 0.25) is 5.02 Å². The summed E-state index contributed by atoms with van der Waals surface area (Å²) in [6.07, 6.45) is 1.35. The lowest BCUT2D eigenvalue weighted by atomic mass is 10.2. The molecule has 1 heterocycles. The second-order valence-electron chi connectivity index (χ2n) is 3.85. The van der Waals surface area contributed by atoms with Crippen molar-refractivity contribution < 1.29 is 9.72 Å². The molecular formula is C12H9ClN4O3. The summed E-state index contributed by atoms with van der Waals surface area (Å²) in [7, 11) is 0. The number of nitrogens with one attached hydrogen (secondary N) is 1. The molecule has 1 aromatic carbocycles. The molecular weight excluding hydrogens is 284 g/mol.